The lowest BCUT2D eigenvalue weighted by molar-refractivity contribution is -0.138. The Morgan fingerprint density at radius 3 is 2.04 bits per heavy atom. The zero-order valence-corrected chi connectivity index (χ0v) is 15.3. The van der Waals surface area contributed by atoms with Gasteiger partial charge in [-0.15, -0.1) is 0 Å². The Morgan fingerprint density at radius 2 is 1.44 bits per heavy atom. The van der Waals surface area contributed by atoms with E-state index in [-0.39, 0.29) is 12.8 Å². The van der Waals surface area contributed by atoms with Gasteiger partial charge in [0, 0.05) is 19.3 Å². The minimum Gasteiger partial charge on any atom is -0.481 e. The first kappa shape index (κ1) is 20.3. The lowest BCUT2D eigenvalue weighted by atomic mass is 10.1. The second kappa shape index (κ2) is 10.2. The molecule has 0 aliphatic carbocycles. The van der Waals surface area contributed by atoms with Crippen molar-refractivity contribution in [3.8, 4) is 11.5 Å². The molecular formula is C21H24O6. The maximum Gasteiger partial charge on any atom is 0.303 e. The number of carbonyl (C=O) groups is 2. The van der Waals surface area contributed by atoms with Crippen molar-refractivity contribution in [1.29, 1.82) is 0 Å². The fourth-order valence-corrected chi connectivity index (χ4v) is 2.51. The van der Waals surface area contributed by atoms with Crippen molar-refractivity contribution in [2.75, 3.05) is 0 Å². The third-order valence-corrected chi connectivity index (χ3v) is 3.95. The van der Waals surface area contributed by atoms with Gasteiger partial charge in [0.05, 0.1) is 0 Å². The van der Waals surface area contributed by atoms with Gasteiger partial charge < -0.3 is 19.7 Å². The van der Waals surface area contributed by atoms with Gasteiger partial charge in [-0.25, -0.2) is 0 Å². The average Bonchev–Trinajstić information content (AvgIpc) is 2.65. The molecule has 0 bridgehead atoms. The fourth-order valence-electron chi connectivity index (χ4n) is 2.51. The Kier molecular flexibility index (Phi) is 7.67. The van der Waals surface area contributed by atoms with Crippen LogP contribution in [0.5, 0.6) is 11.5 Å². The van der Waals surface area contributed by atoms with Crippen molar-refractivity contribution < 1.29 is 29.3 Å². The molecule has 0 fully saturated rings. The Balaban J connectivity index is 1.94. The molecule has 2 rings (SSSR count). The molecule has 27 heavy (non-hydrogen) atoms. The van der Waals surface area contributed by atoms with E-state index < -0.39 is 18.2 Å². The molecule has 0 aromatic heterocycles. The van der Waals surface area contributed by atoms with Gasteiger partial charge in [-0.2, -0.15) is 0 Å². The van der Waals surface area contributed by atoms with E-state index in [0.717, 1.165) is 11.1 Å². The number of hydrogen-bond acceptors (Lipinski definition) is 4. The van der Waals surface area contributed by atoms with E-state index in [1.165, 1.54) is 0 Å². The number of benzene rings is 2. The molecule has 2 N–H and O–H groups in total. The summed E-state index contributed by atoms with van der Waals surface area (Å²) < 4.78 is 11.7. The second-order valence-corrected chi connectivity index (χ2v) is 6.15. The van der Waals surface area contributed by atoms with Crippen molar-refractivity contribution in [3.05, 3.63) is 59.7 Å². The maximum atomic E-state index is 10.7. The molecule has 0 heterocycles. The van der Waals surface area contributed by atoms with E-state index in [1.54, 1.807) is 12.1 Å². The lowest BCUT2D eigenvalue weighted by Crippen LogP contribution is -2.22. The monoisotopic (exact) mass is 372 g/mol. The van der Waals surface area contributed by atoms with E-state index in [4.69, 9.17) is 19.7 Å². The van der Waals surface area contributed by atoms with Gasteiger partial charge >= 0.3 is 11.9 Å². The number of aliphatic carboxylic acids is 2. The zero-order valence-electron chi connectivity index (χ0n) is 15.3. The highest BCUT2D eigenvalue weighted by Crippen LogP contribution is 2.20. The number of carboxylic acid groups (broad SMARTS) is 2. The Labute approximate surface area is 158 Å². The largest absolute Gasteiger partial charge is 0.481 e. The van der Waals surface area contributed by atoms with Crippen LogP contribution < -0.4 is 9.47 Å². The molecule has 0 aliphatic heterocycles. The van der Waals surface area contributed by atoms with Crippen molar-refractivity contribution in [3.63, 3.8) is 0 Å². The van der Waals surface area contributed by atoms with Gasteiger partial charge in [0.25, 0.3) is 0 Å². The Hall–Kier alpha value is -3.02. The topological polar surface area (TPSA) is 93.1 Å². The van der Waals surface area contributed by atoms with E-state index in [1.807, 2.05) is 43.3 Å². The van der Waals surface area contributed by atoms with Crippen molar-refractivity contribution in [2.45, 2.75) is 45.3 Å². The van der Waals surface area contributed by atoms with Gasteiger partial charge in [-0.1, -0.05) is 31.2 Å². The first-order valence-electron chi connectivity index (χ1n) is 8.91. The Morgan fingerprint density at radius 1 is 0.852 bits per heavy atom. The van der Waals surface area contributed by atoms with Crippen LogP contribution in [0.2, 0.25) is 0 Å². The molecule has 0 radical (unpaired) electrons. The van der Waals surface area contributed by atoms with Crippen LogP contribution in [0.25, 0.3) is 0 Å². The molecule has 1 unspecified atom stereocenters. The maximum absolute atomic E-state index is 10.7. The molecule has 2 aromatic carbocycles. The van der Waals surface area contributed by atoms with Gasteiger partial charge in [0.15, 0.2) is 0 Å². The summed E-state index contributed by atoms with van der Waals surface area (Å²) in [6.45, 7) is 1.94. The van der Waals surface area contributed by atoms with Crippen LogP contribution in [0.3, 0.4) is 0 Å². The molecule has 0 spiro atoms. The van der Waals surface area contributed by atoms with Gasteiger partial charge in [0.2, 0.25) is 6.29 Å². The molecule has 6 nitrogen and oxygen atoms in total. The smallest absolute Gasteiger partial charge is 0.303 e. The SMILES string of the molecule is CCC(Oc1ccc(CCC(=O)O)cc1)Oc1cccc(CCC(=O)O)c1. The quantitative estimate of drug-likeness (QED) is 0.581. The summed E-state index contributed by atoms with van der Waals surface area (Å²) in [5, 5.41) is 17.5. The minimum atomic E-state index is -0.831. The van der Waals surface area contributed by atoms with E-state index >= 15 is 0 Å². The van der Waals surface area contributed by atoms with Crippen LogP contribution in [0.1, 0.15) is 37.3 Å². The summed E-state index contributed by atoms with van der Waals surface area (Å²) in [4.78, 5) is 21.3. The second-order valence-electron chi connectivity index (χ2n) is 6.15. The summed E-state index contributed by atoms with van der Waals surface area (Å²) in [6.07, 6.45) is 1.24. The fraction of sp³-hybridized carbons (Fsp3) is 0.333. The highest BCUT2D eigenvalue weighted by molar-refractivity contribution is 5.67. The molecule has 2 aromatic rings. The molecule has 1 atom stereocenters. The summed E-state index contributed by atoms with van der Waals surface area (Å²) in [6, 6.07) is 14.6. The minimum absolute atomic E-state index is 0.0748. The van der Waals surface area contributed by atoms with Gasteiger partial charge in [0.1, 0.15) is 11.5 Å². The van der Waals surface area contributed by atoms with Gasteiger partial charge in [-0.05, 0) is 48.2 Å². The number of ether oxygens (including phenoxy) is 2. The standard InChI is InChI=1S/C21H24O6/c1-2-21(26-17-10-6-15(7-11-17)8-12-19(22)23)27-18-5-3-4-16(14-18)9-13-20(24)25/h3-7,10-11,14,21H,2,8-9,12-13H2,1H3,(H,22,23)(H,24,25). The third kappa shape index (κ3) is 7.40. The van der Waals surface area contributed by atoms with Crippen molar-refractivity contribution in [1.82, 2.24) is 0 Å². The average molecular weight is 372 g/mol. The Bertz CT molecular complexity index is 754. The van der Waals surface area contributed by atoms with Crippen molar-refractivity contribution in [2.24, 2.45) is 0 Å². The van der Waals surface area contributed by atoms with Crippen LogP contribution in [-0.2, 0) is 22.4 Å². The predicted octanol–water partition coefficient (Wildman–Crippen LogP) is 3.91. The van der Waals surface area contributed by atoms with E-state index in [9.17, 15) is 9.59 Å². The number of hydrogen-bond donors (Lipinski definition) is 2. The summed E-state index contributed by atoms with van der Waals surface area (Å²) in [7, 11) is 0. The van der Waals surface area contributed by atoms with Crippen LogP contribution in [-0.4, -0.2) is 28.4 Å². The van der Waals surface area contributed by atoms with Crippen LogP contribution in [0.15, 0.2) is 48.5 Å². The van der Waals surface area contributed by atoms with Gasteiger partial charge in [-0.3, -0.25) is 9.59 Å². The summed E-state index contributed by atoms with van der Waals surface area (Å²) >= 11 is 0. The normalized spacial score (nSPS) is 11.6. The third-order valence-electron chi connectivity index (χ3n) is 3.95. The predicted molar refractivity (Wildman–Crippen MR) is 100 cm³/mol. The van der Waals surface area contributed by atoms with E-state index in [0.29, 0.717) is 30.8 Å². The highest BCUT2D eigenvalue weighted by Gasteiger charge is 2.11. The number of rotatable bonds is 11. The molecule has 0 aliphatic rings. The van der Waals surface area contributed by atoms with Crippen molar-refractivity contribution >= 4 is 11.9 Å². The van der Waals surface area contributed by atoms with Crippen LogP contribution in [0.4, 0.5) is 0 Å². The molecule has 6 heteroatoms. The van der Waals surface area contributed by atoms with Crippen LogP contribution in [0, 0.1) is 0 Å². The number of carboxylic acids is 2. The molecule has 0 amide bonds. The molecule has 0 saturated heterocycles. The molecular weight excluding hydrogens is 348 g/mol. The summed E-state index contributed by atoms with van der Waals surface area (Å²) in [5.41, 5.74) is 1.83. The molecule has 144 valence electrons. The first-order chi connectivity index (χ1) is 13.0. The summed E-state index contributed by atoms with van der Waals surface area (Å²) in [5.74, 6) is -0.381. The van der Waals surface area contributed by atoms with Crippen LogP contribution >= 0.6 is 0 Å². The van der Waals surface area contributed by atoms with E-state index in [2.05, 4.69) is 0 Å². The molecule has 0 saturated carbocycles. The first-order valence-corrected chi connectivity index (χ1v) is 8.91. The highest BCUT2D eigenvalue weighted by atomic mass is 16.7. The zero-order chi connectivity index (χ0) is 19.6. The lowest BCUT2D eigenvalue weighted by Gasteiger charge is -2.19. The number of aryl methyl sites for hydroxylation is 2.